The van der Waals surface area contributed by atoms with E-state index in [1.807, 2.05) is 0 Å². The molecule has 0 aromatic carbocycles. The van der Waals surface area contributed by atoms with Crippen molar-refractivity contribution in [2.75, 3.05) is 0 Å². The molecule has 0 atom stereocenters. The zero-order valence-electron chi connectivity index (χ0n) is 10.5. The Labute approximate surface area is 89.2 Å². The first-order chi connectivity index (χ1) is 6.20. The number of carbonyl (C=O) groups is 1. The summed E-state index contributed by atoms with van der Waals surface area (Å²) < 4.78 is 5.58. The van der Waals surface area contributed by atoms with E-state index >= 15 is 0 Å². The van der Waals surface area contributed by atoms with Gasteiger partial charge in [-0.3, -0.25) is 4.79 Å². The lowest BCUT2D eigenvalue weighted by Crippen LogP contribution is -2.52. The summed E-state index contributed by atoms with van der Waals surface area (Å²) in [6.07, 6.45) is 0. The fourth-order valence-electron chi connectivity index (χ4n) is 2.93. The topological polar surface area (TPSA) is 26.3 Å². The van der Waals surface area contributed by atoms with E-state index in [-0.39, 0.29) is 5.04 Å². The molecule has 0 amide bonds. The molecule has 0 saturated carbocycles. The van der Waals surface area contributed by atoms with Crippen LogP contribution < -0.4 is 0 Å². The van der Waals surface area contributed by atoms with Gasteiger partial charge in [-0.25, -0.2) is 0 Å². The van der Waals surface area contributed by atoms with E-state index in [0.29, 0.717) is 17.6 Å². The lowest BCUT2D eigenvalue weighted by Gasteiger charge is -2.46. The molecule has 3 heteroatoms. The maximum absolute atomic E-state index is 10.7. The van der Waals surface area contributed by atoms with Gasteiger partial charge in [0, 0.05) is 0 Å². The van der Waals surface area contributed by atoms with Crippen LogP contribution in [0.1, 0.15) is 48.5 Å². The number of hydrogen-bond acceptors (Lipinski definition) is 2. The van der Waals surface area contributed by atoms with Crippen molar-refractivity contribution in [3.63, 3.8) is 0 Å². The zero-order chi connectivity index (χ0) is 11.6. The van der Waals surface area contributed by atoms with E-state index in [1.54, 1.807) is 0 Å². The van der Waals surface area contributed by atoms with Crippen molar-refractivity contribution in [3.8, 4) is 0 Å². The van der Waals surface area contributed by atoms with Gasteiger partial charge in [-0.2, -0.15) is 0 Å². The summed E-state index contributed by atoms with van der Waals surface area (Å²) in [7, 11) is -2.02. The minimum atomic E-state index is -2.02. The predicted molar refractivity (Wildman–Crippen MR) is 62.8 cm³/mol. The highest BCUT2D eigenvalue weighted by atomic mass is 28.4. The Morgan fingerprint density at radius 2 is 1.43 bits per heavy atom. The van der Waals surface area contributed by atoms with Crippen LogP contribution in [0.15, 0.2) is 0 Å². The predicted octanol–water partition coefficient (Wildman–Crippen LogP) is 3.73. The van der Waals surface area contributed by atoms with Crippen molar-refractivity contribution in [2.45, 2.75) is 64.6 Å². The Balaban J connectivity index is 5.26. The third kappa shape index (κ3) is 2.19. The van der Waals surface area contributed by atoms with Crippen LogP contribution in [0.25, 0.3) is 0 Å². The molecule has 0 aromatic rings. The molecule has 0 bridgehead atoms. The highest BCUT2D eigenvalue weighted by Crippen LogP contribution is 2.50. The molecule has 14 heavy (non-hydrogen) atoms. The molecule has 0 aromatic heterocycles. The Morgan fingerprint density at radius 1 is 1.07 bits per heavy atom. The molecule has 0 spiro atoms. The van der Waals surface area contributed by atoms with E-state index in [9.17, 15) is 4.79 Å². The van der Waals surface area contributed by atoms with Gasteiger partial charge in [0.2, 0.25) is 0 Å². The van der Waals surface area contributed by atoms with Crippen LogP contribution in [0.2, 0.25) is 16.1 Å². The monoisotopic (exact) mass is 216 g/mol. The SMILES string of the molecule is CC(C)[Si](OC=O)(C(C)C)C(C)(C)C. The highest BCUT2D eigenvalue weighted by molar-refractivity contribution is 6.80. The summed E-state index contributed by atoms with van der Waals surface area (Å²) in [5, 5.41) is 0.0935. The van der Waals surface area contributed by atoms with E-state index in [4.69, 9.17) is 4.43 Å². The average Bonchev–Trinajstić information content (AvgIpc) is 1.95. The van der Waals surface area contributed by atoms with Crippen LogP contribution >= 0.6 is 0 Å². The van der Waals surface area contributed by atoms with Gasteiger partial charge in [-0.15, -0.1) is 0 Å². The van der Waals surface area contributed by atoms with Crippen molar-refractivity contribution >= 4 is 14.8 Å². The molecule has 0 aliphatic rings. The summed E-state index contributed by atoms with van der Waals surface area (Å²) in [6.45, 7) is 15.9. The standard InChI is InChI=1S/C11H24O2Si/c1-9(2)14(10(3)4,13-8-12)11(5,6)7/h8-10H,1-7H3. The molecule has 84 valence electrons. The van der Waals surface area contributed by atoms with Crippen LogP contribution in [0, 0.1) is 0 Å². The first-order valence-corrected chi connectivity index (χ1v) is 7.38. The minimum absolute atomic E-state index is 0.0935. The largest absolute Gasteiger partial charge is 0.520 e. The molecule has 0 aliphatic carbocycles. The van der Waals surface area contributed by atoms with E-state index in [1.165, 1.54) is 0 Å². The molecule has 0 radical (unpaired) electrons. The van der Waals surface area contributed by atoms with E-state index in [2.05, 4.69) is 48.5 Å². The first-order valence-electron chi connectivity index (χ1n) is 5.31. The molecular formula is C11H24O2Si. The minimum Gasteiger partial charge on any atom is -0.520 e. The Kier molecular flexibility index (Phi) is 4.37. The normalized spacial score (nSPS) is 13.5. The van der Waals surface area contributed by atoms with Gasteiger partial charge in [-0.05, 0) is 16.1 Å². The third-order valence-corrected chi connectivity index (χ3v) is 9.39. The quantitative estimate of drug-likeness (QED) is 0.529. The molecule has 2 nitrogen and oxygen atoms in total. The highest BCUT2D eigenvalue weighted by Gasteiger charge is 2.53. The lowest BCUT2D eigenvalue weighted by molar-refractivity contribution is -0.122. The van der Waals surface area contributed by atoms with Crippen molar-refractivity contribution in [1.29, 1.82) is 0 Å². The van der Waals surface area contributed by atoms with Crippen LogP contribution in [0.3, 0.4) is 0 Å². The molecule has 0 fully saturated rings. The van der Waals surface area contributed by atoms with Crippen molar-refractivity contribution in [1.82, 2.24) is 0 Å². The Hall–Kier alpha value is -0.313. The summed E-state index contributed by atoms with van der Waals surface area (Å²) in [4.78, 5) is 10.7. The van der Waals surface area contributed by atoms with Gasteiger partial charge >= 0.3 is 0 Å². The summed E-state index contributed by atoms with van der Waals surface area (Å²) in [5.74, 6) is 0. The lowest BCUT2D eigenvalue weighted by atomic mass is 10.2. The fourth-order valence-corrected chi connectivity index (χ4v) is 8.78. The summed E-state index contributed by atoms with van der Waals surface area (Å²) >= 11 is 0. The molecule has 0 unspecified atom stereocenters. The Morgan fingerprint density at radius 3 is 1.50 bits per heavy atom. The number of carbonyl (C=O) groups excluding carboxylic acids is 1. The first kappa shape index (κ1) is 13.7. The second-order valence-corrected chi connectivity index (χ2v) is 11.2. The second-order valence-electron chi connectivity index (χ2n) is 5.57. The van der Waals surface area contributed by atoms with Gasteiger partial charge < -0.3 is 4.43 Å². The molecule has 0 N–H and O–H groups in total. The van der Waals surface area contributed by atoms with Crippen molar-refractivity contribution < 1.29 is 9.22 Å². The molecule has 0 rings (SSSR count). The summed E-state index contributed by atoms with van der Waals surface area (Å²) in [6, 6.07) is 0. The third-order valence-electron chi connectivity index (χ3n) is 3.13. The molecule has 0 aliphatic heterocycles. The van der Waals surface area contributed by atoms with Crippen LogP contribution in [0.5, 0.6) is 0 Å². The van der Waals surface area contributed by atoms with Crippen molar-refractivity contribution in [3.05, 3.63) is 0 Å². The van der Waals surface area contributed by atoms with Crippen LogP contribution in [-0.2, 0) is 9.22 Å². The maximum atomic E-state index is 10.7. The second kappa shape index (κ2) is 4.47. The molecular weight excluding hydrogens is 192 g/mol. The Bertz CT molecular complexity index is 184. The number of hydrogen-bond donors (Lipinski definition) is 0. The van der Waals surface area contributed by atoms with Gasteiger partial charge in [0.15, 0.2) is 0 Å². The fraction of sp³-hybridized carbons (Fsp3) is 0.909. The van der Waals surface area contributed by atoms with E-state index < -0.39 is 8.32 Å². The van der Waals surface area contributed by atoms with Gasteiger partial charge in [0.25, 0.3) is 14.8 Å². The molecule has 0 heterocycles. The smallest absolute Gasteiger partial charge is 0.279 e. The van der Waals surface area contributed by atoms with Gasteiger partial charge in [0.05, 0.1) is 0 Å². The van der Waals surface area contributed by atoms with E-state index in [0.717, 1.165) is 0 Å². The molecule has 0 saturated heterocycles. The van der Waals surface area contributed by atoms with Crippen molar-refractivity contribution in [2.24, 2.45) is 0 Å². The zero-order valence-corrected chi connectivity index (χ0v) is 11.5. The summed E-state index contributed by atoms with van der Waals surface area (Å²) in [5.41, 5.74) is 0.903. The maximum Gasteiger partial charge on any atom is 0.279 e. The van der Waals surface area contributed by atoms with Gasteiger partial charge in [0.1, 0.15) is 0 Å². The van der Waals surface area contributed by atoms with Crippen LogP contribution in [-0.4, -0.2) is 14.8 Å². The van der Waals surface area contributed by atoms with Crippen LogP contribution in [0.4, 0.5) is 0 Å². The van der Waals surface area contributed by atoms with Gasteiger partial charge in [-0.1, -0.05) is 48.5 Å². The number of rotatable bonds is 4. The average molecular weight is 216 g/mol.